The van der Waals surface area contributed by atoms with Crippen molar-refractivity contribution in [2.75, 3.05) is 0 Å². The van der Waals surface area contributed by atoms with Gasteiger partial charge in [0.1, 0.15) is 0 Å². The van der Waals surface area contributed by atoms with Crippen LogP contribution in [0.25, 0.3) is 0 Å². The molecule has 5 heteroatoms. The van der Waals surface area contributed by atoms with Crippen LogP contribution in [0.1, 0.15) is 16.5 Å². The molecule has 0 saturated heterocycles. The number of nitrogens with two attached hydrogens (primary N) is 1. The molecule has 2 aromatic heterocycles. The fraction of sp³-hybridized carbons (Fsp3) is 0.111. The standard InChI is InChI=1S/C9H7BrClNS2/c10-6-4-13-3-5(6)8(12)9-7(11)1-2-14-9/h1-4,8H,12H2. The lowest BCUT2D eigenvalue weighted by Gasteiger charge is -2.09. The second-order valence-corrected chi connectivity index (χ2v) is 5.74. The predicted molar refractivity (Wildman–Crippen MR) is 67.4 cm³/mol. The van der Waals surface area contributed by atoms with Crippen molar-refractivity contribution in [3.8, 4) is 0 Å². The summed E-state index contributed by atoms with van der Waals surface area (Å²) >= 11 is 12.7. The molecule has 1 unspecified atom stereocenters. The van der Waals surface area contributed by atoms with Gasteiger partial charge in [0.15, 0.2) is 0 Å². The molecule has 2 rings (SSSR count). The summed E-state index contributed by atoms with van der Waals surface area (Å²) < 4.78 is 1.06. The highest BCUT2D eigenvalue weighted by Crippen LogP contribution is 2.35. The summed E-state index contributed by atoms with van der Waals surface area (Å²) in [5.41, 5.74) is 7.21. The Kier molecular flexibility index (Phi) is 3.29. The van der Waals surface area contributed by atoms with E-state index in [4.69, 9.17) is 17.3 Å². The Labute approximate surface area is 104 Å². The SMILES string of the molecule is NC(c1cscc1Br)c1sccc1Cl. The molecule has 0 saturated carbocycles. The number of hydrogen-bond donors (Lipinski definition) is 1. The van der Waals surface area contributed by atoms with Crippen molar-refractivity contribution in [2.24, 2.45) is 5.73 Å². The van der Waals surface area contributed by atoms with E-state index in [1.165, 1.54) is 0 Å². The van der Waals surface area contributed by atoms with Gasteiger partial charge >= 0.3 is 0 Å². The van der Waals surface area contributed by atoms with Gasteiger partial charge in [-0.2, -0.15) is 11.3 Å². The first-order valence-electron chi connectivity index (χ1n) is 3.90. The van der Waals surface area contributed by atoms with Crippen molar-refractivity contribution in [1.29, 1.82) is 0 Å². The second-order valence-electron chi connectivity index (χ2n) is 2.79. The molecule has 0 aromatic carbocycles. The van der Waals surface area contributed by atoms with Gasteiger partial charge in [0.2, 0.25) is 0 Å². The fourth-order valence-electron chi connectivity index (χ4n) is 1.18. The van der Waals surface area contributed by atoms with E-state index in [2.05, 4.69) is 15.9 Å². The highest BCUT2D eigenvalue weighted by molar-refractivity contribution is 9.10. The van der Waals surface area contributed by atoms with Crippen LogP contribution in [0.4, 0.5) is 0 Å². The Hall–Kier alpha value is 0.130. The minimum Gasteiger partial charge on any atom is -0.320 e. The second kappa shape index (κ2) is 4.33. The van der Waals surface area contributed by atoms with Gasteiger partial charge in [-0.05, 0) is 38.3 Å². The number of rotatable bonds is 2. The molecule has 2 heterocycles. The molecule has 1 nitrogen and oxygen atoms in total. The highest BCUT2D eigenvalue weighted by atomic mass is 79.9. The van der Waals surface area contributed by atoms with Gasteiger partial charge < -0.3 is 5.73 Å². The number of halogens is 2. The third kappa shape index (κ3) is 1.90. The zero-order valence-electron chi connectivity index (χ0n) is 7.04. The molecular formula is C9H7BrClNS2. The first-order valence-corrected chi connectivity index (χ1v) is 6.89. The van der Waals surface area contributed by atoms with Gasteiger partial charge in [-0.25, -0.2) is 0 Å². The van der Waals surface area contributed by atoms with E-state index >= 15 is 0 Å². The molecule has 0 spiro atoms. The van der Waals surface area contributed by atoms with Crippen LogP contribution in [0, 0.1) is 0 Å². The average Bonchev–Trinajstić information content (AvgIpc) is 2.73. The van der Waals surface area contributed by atoms with Gasteiger partial charge in [0.05, 0.1) is 11.1 Å². The first kappa shape index (κ1) is 10.6. The van der Waals surface area contributed by atoms with E-state index in [9.17, 15) is 0 Å². The molecule has 0 fully saturated rings. The molecular weight excluding hydrogens is 302 g/mol. The Morgan fingerprint density at radius 2 is 2.21 bits per heavy atom. The van der Waals surface area contributed by atoms with Crippen LogP contribution in [0.5, 0.6) is 0 Å². The molecule has 2 aromatic rings. The monoisotopic (exact) mass is 307 g/mol. The van der Waals surface area contributed by atoms with E-state index in [1.807, 2.05) is 22.2 Å². The Balaban J connectivity index is 2.38. The molecule has 0 radical (unpaired) electrons. The van der Waals surface area contributed by atoms with Crippen LogP contribution in [0.3, 0.4) is 0 Å². The van der Waals surface area contributed by atoms with Crippen LogP contribution in [-0.4, -0.2) is 0 Å². The van der Waals surface area contributed by atoms with Gasteiger partial charge in [0, 0.05) is 14.7 Å². The van der Waals surface area contributed by atoms with Crippen LogP contribution in [0.2, 0.25) is 5.02 Å². The lowest BCUT2D eigenvalue weighted by molar-refractivity contribution is 0.894. The maximum absolute atomic E-state index is 6.11. The first-order chi connectivity index (χ1) is 6.70. The maximum Gasteiger partial charge on any atom is 0.0680 e. The molecule has 0 aliphatic carbocycles. The summed E-state index contributed by atoms with van der Waals surface area (Å²) in [6.07, 6.45) is 0. The van der Waals surface area contributed by atoms with E-state index in [-0.39, 0.29) is 6.04 Å². The van der Waals surface area contributed by atoms with Gasteiger partial charge in [0.25, 0.3) is 0 Å². The Morgan fingerprint density at radius 1 is 1.43 bits per heavy atom. The summed E-state index contributed by atoms with van der Waals surface area (Å²) in [5.74, 6) is 0. The maximum atomic E-state index is 6.11. The van der Waals surface area contributed by atoms with Gasteiger partial charge in [-0.15, -0.1) is 11.3 Å². The lowest BCUT2D eigenvalue weighted by Crippen LogP contribution is -2.10. The molecule has 0 aliphatic heterocycles. The van der Waals surface area contributed by atoms with Gasteiger partial charge in [-0.1, -0.05) is 11.6 Å². The Morgan fingerprint density at radius 3 is 2.71 bits per heavy atom. The topological polar surface area (TPSA) is 26.0 Å². The van der Waals surface area contributed by atoms with Crippen molar-refractivity contribution in [2.45, 2.75) is 6.04 Å². The quantitative estimate of drug-likeness (QED) is 0.880. The average molecular weight is 309 g/mol. The summed E-state index contributed by atoms with van der Waals surface area (Å²) in [7, 11) is 0. The summed E-state index contributed by atoms with van der Waals surface area (Å²) in [6.45, 7) is 0. The van der Waals surface area contributed by atoms with Crippen LogP contribution in [0.15, 0.2) is 26.7 Å². The third-order valence-electron chi connectivity index (χ3n) is 1.90. The largest absolute Gasteiger partial charge is 0.320 e. The van der Waals surface area contributed by atoms with Crippen LogP contribution >= 0.6 is 50.2 Å². The normalized spacial score (nSPS) is 13.1. The minimum atomic E-state index is -0.122. The summed E-state index contributed by atoms with van der Waals surface area (Å²) in [5, 5.41) is 6.78. The smallest absolute Gasteiger partial charge is 0.0680 e. The molecule has 0 aliphatic rings. The van der Waals surface area contributed by atoms with E-state index < -0.39 is 0 Å². The fourth-order valence-corrected chi connectivity index (χ4v) is 3.96. The molecule has 14 heavy (non-hydrogen) atoms. The van der Waals surface area contributed by atoms with Crippen molar-refractivity contribution in [1.82, 2.24) is 0 Å². The molecule has 1 atom stereocenters. The third-order valence-corrected chi connectivity index (χ3v) is 5.10. The van der Waals surface area contributed by atoms with E-state index in [0.717, 1.165) is 19.9 Å². The van der Waals surface area contributed by atoms with Gasteiger partial charge in [-0.3, -0.25) is 0 Å². The Bertz CT molecular complexity index is 397. The van der Waals surface area contributed by atoms with E-state index in [1.54, 1.807) is 22.7 Å². The zero-order valence-corrected chi connectivity index (χ0v) is 11.0. The summed E-state index contributed by atoms with van der Waals surface area (Å²) in [4.78, 5) is 1.02. The molecule has 2 N–H and O–H groups in total. The predicted octanol–water partition coefficient (Wildman–Crippen LogP) is 4.27. The van der Waals surface area contributed by atoms with Crippen LogP contribution in [-0.2, 0) is 0 Å². The highest BCUT2D eigenvalue weighted by Gasteiger charge is 2.16. The lowest BCUT2D eigenvalue weighted by atomic mass is 10.1. The van der Waals surface area contributed by atoms with E-state index in [0.29, 0.717) is 0 Å². The van der Waals surface area contributed by atoms with Crippen molar-refractivity contribution in [3.05, 3.63) is 42.1 Å². The minimum absolute atomic E-state index is 0.122. The van der Waals surface area contributed by atoms with Crippen molar-refractivity contribution >= 4 is 50.2 Å². The molecule has 74 valence electrons. The number of thiophene rings is 2. The van der Waals surface area contributed by atoms with Crippen molar-refractivity contribution in [3.63, 3.8) is 0 Å². The molecule has 0 bridgehead atoms. The van der Waals surface area contributed by atoms with Crippen LogP contribution < -0.4 is 5.73 Å². The van der Waals surface area contributed by atoms with Crippen molar-refractivity contribution < 1.29 is 0 Å². The summed E-state index contributed by atoms with van der Waals surface area (Å²) in [6, 6.07) is 1.75. The zero-order chi connectivity index (χ0) is 10.1. The molecule has 0 amide bonds. The number of hydrogen-bond acceptors (Lipinski definition) is 3.